The van der Waals surface area contributed by atoms with E-state index in [1.807, 2.05) is 0 Å². The molecule has 5 aromatic rings. The van der Waals surface area contributed by atoms with Crippen LogP contribution in [0, 0.1) is 0 Å². The van der Waals surface area contributed by atoms with E-state index < -0.39 is 0 Å². The monoisotopic (exact) mass is 423 g/mol. The summed E-state index contributed by atoms with van der Waals surface area (Å²) in [6.07, 6.45) is 0. The van der Waals surface area contributed by atoms with Gasteiger partial charge in [-0.2, -0.15) is 0 Å². The summed E-state index contributed by atoms with van der Waals surface area (Å²) in [4.78, 5) is 2.29. The summed E-state index contributed by atoms with van der Waals surface area (Å²) in [5.74, 6) is 0. The minimum Gasteiger partial charge on any atom is -0.305 e. The van der Waals surface area contributed by atoms with Gasteiger partial charge in [0.1, 0.15) is 0 Å². The van der Waals surface area contributed by atoms with Crippen molar-refractivity contribution in [3.8, 4) is 22.3 Å². The Morgan fingerprint density at radius 3 is 1.94 bits per heavy atom. The van der Waals surface area contributed by atoms with Gasteiger partial charge >= 0.3 is 0 Å². The third-order valence-corrected chi connectivity index (χ3v) is 7.57. The fraction of sp³-hybridized carbons (Fsp3) is 0.125. The van der Waals surface area contributed by atoms with Crippen molar-refractivity contribution >= 4 is 10.8 Å². The first-order valence-corrected chi connectivity index (χ1v) is 11.7. The smallest absolute Gasteiger partial charge is 0.0728 e. The van der Waals surface area contributed by atoms with Crippen molar-refractivity contribution in [2.24, 2.45) is 0 Å². The van der Waals surface area contributed by atoms with E-state index in [2.05, 4.69) is 122 Å². The van der Waals surface area contributed by atoms with Gasteiger partial charge in [-0.05, 0) is 74.9 Å². The van der Waals surface area contributed by atoms with E-state index in [-0.39, 0.29) is 5.41 Å². The van der Waals surface area contributed by atoms with Crippen molar-refractivity contribution in [2.45, 2.75) is 12.0 Å². The molecule has 0 bridgehead atoms. The number of nitrogens with zero attached hydrogens (tertiary/aromatic N) is 1. The van der Waals surface area contributed by atoms with E-state index in [0.29, 0.717) is 0 Å². The summed E-state index contributed by atoms with van der Waals surface area (Å²) in [7, 11) is 4.33. The van der Waals surface area contributed by atoms with Gasteiger partial charge in [0.05, 0.1) is 5.41 Å². The summed E-state index contributed by atoms with van der Waals surface area (Å²) >= 11 is 0. The molecule has 0 amide bonds. The molecule has 0 saturated heterocycles. The molecule has 7 rings (SSSR count). The van der Waals surface area contributed by atoms with E-state index in [0.717, 1.165) is 6.54 Å². The van der Waals surface area contributed by atoms with Crippen LogP contribution in [0.3, 0.4) is 0 Å². The second-order valence-corrected chi connectivity index (χ2v) is 9.63. The highest BCUT2D eigenvalue weighted by atomic mass is 15.0. The second kappa shape index (κ2) is 6.66. The third kappa shape index (κ3) is 2.30. The molecular weight excluding hydrogens is 398 g/mol. The molecule has 0 N–H and O–H groups in total. The van der Waals surface area contributed by atoms with Gasteiger partial charge in [-0.15, -0.1) is 0 Å². The van der Waals surface area contributed by atoms with Crippen LogP contribution >= 0.6 is 0 Å². The Morgan fingerprint density at radius 2 is 1.21 bits per heavy atom. The molecule has 1 nitrogen and oxygen atoms in total. The molecule has 0 aromatic heterocycles. The maximum Gasteiger partial charge on any atom is 0.0728 e. The molecule has 2 aliphatic carbocycles. The normalized spacial score (nSPS) is 14.4. The zero-order valence-corrected chi connectivity index (χ0v) is 19.0. The molecule has 5 aromatic carbocycles. The Labute approximate surface area is 194 Å². The lowest BCUT2D eigenvalue weighted by molar-refractivity contribution is 0.400. The van der Waals surface area contributed by atoms with Crippen LogP contribution in [-0.4, -0.2) is 19.0 Å². The Hall–Kier alpha value is -3.68. The van der Waals surface area contributed by atoms with Gasteiger partial charge in [-0.1, -0.05) is 103 Å². The van der Waals surface area contributed by atoms with Crippen molar-refractivity contribution in [1.82, 2.24) is 4.90 Å². The zero-order chi connectivity index (χ0) is 22.2. The standard InChI is InChI=1S/C32H25N/c1-33(2)20-22-11-9-15-26-30-23-12-4-3-10-21(23)18-19-29(30)32(31(22)26)27-16-7-5-13-24(27)25-14-6-8-17-28(25)32/h3-19H,20H2,1-2H3. The van der Waals surface area contributed by atoms with Gasteiger partial charge in [-0.25, -0.2) is 0 Å². The topological polar surface area (TPSA) is 3.24 Å². The molecule has 1 spiro atoms. The average Bonchev–Trinajstić information content (AvgIpc) is 3.32. The highest BCUT2D eigenvalue weighted by molar-refractivity contribution is 6.06. The van der Waals surface area contributed by atoms with Crippen LogP contribution < -0.4 is 0 Å². The van der Waals surface area contributed by atoms with Crippen LogP contribution in [0.25, 0.3) is 33.0 Å². The van der Waals surface area contributed by atoms with Gasteiger partial charge in [0, 0.05) is 6.54 Å². The van der Waals surface area contributed by atoms with Crippen LogP contribution in [0.4, 0.5) is 0 Å². The van der Waals surface area contributed by atoms with Crippen LogP contribution in [0.1, 0.15) is 27.8 Å². The van der Waals surface area contributed by atoms with Crippen LogP contribution in [0.15, 0.2) is 103 Å². The third-order valence-electron chi connectivity index (χ3n) is 7.57. The molecule has 0 fully saturated rings. The molecule has 33 heavy (non-hydrogen) atoms. The van der Waals surface area contributed by atoms with Gasteiger partial charge in [0.2, 0.25) is 0 Å². The zero-order valence-electron chi connectivity index (χ0n) is 19.0. The fourth-order valence-corrected chi connectivity index (χ4v) is 6.53. The van der Waals surface area contributed by atoms with E-state index in [1.54, 1.807) is 0 Å². The van der Waals surface area contributed by atoms with Crippen molar-refractivity contribution in [1.29, 1.82) is 0 Å². The van der Waals surface area contributed by atoms with Crippen molar-refractivity contribution in [2.75, 3.05) is 14.1 Å². The maximum atomic E-state index is 2.40. The van der Waals surface area contributed by atoms with Crippen LogP contribution in [-0.2, 0) is 12.0 Å². The van der Waals surface area contributed by atoms with Crippen LogP contribution in [0.5, 0.6) is 0 Å². The number of fused-ring (bicyclic) bond motifs is 12. The van der Waals surface area contributed by atoms with Crippen LogP contribution in [0.2, 0.25) is 0 Å². The van der Waals surface area contributed by atoms with Gasteiger partial charge in [-0.3, -0.25) is 0 Å². The molecule has 0 radical (unpaired) electrons. The highest BCUT2D eigenvalue weighted by Crippen LogP contribution is 2.64. The van der Waals surface area contributed by atoms with E-state index in [9.17, 15) is 0 Å². The molecule has 1 heteroatoms. The van der Waals surface area contributed by atoms with E-state index in [4.69, 9.17) is 0 Å². The molecule has 2 aliphatic rings. The Balaban J connectivity index is 1.73. The maximum absolute atomic E-state index is 2.40. The molecule has 0 heterocycles. The van der Waals surface area contributed by atoms with E-state index >= 15 is 0 Å². The molecule has 0 atom stereocenters. The highest BCUT2D eigenvalue weighted by Gasteiger charge is 2.52. The Bertz CT molecular complexity index is 1530. The quantitative estimate of drug-likeness (QED) is 0.283. The van der Waals surface area contributed by atoms with Gasteiger partial charge in [0.15, 0.2) is 0 Å². The SMILES string of the molecule is CN(C)Cc1cccc2c1C1(c3ccccc3-c3ccccc31)c1ccc3ccccc3c1-2. The predicted molar refractivity (Wildman–Crippen MR) is 138 cm³/mol. The molecule has 158 valence electrons. The van der Waals surface area contributed by atoms with Gasteiger partial charge < -0.3 is 4.90 Å². The molecule has 0 unspecified atom stereocenters. The van der Waals surface area contributed by atoms with Crippen molar-refractivity contribution in [3.05, 3.63) is 131 Å². The minimum absolute atomic E-state index is 0.283. The summed E-state index contributed by atoms with van der Waals surface area (Å²) in [6, 6.07) is 38.6. The number of rotatable bonds is 2. The minimum atomic E-state index is -0.283. The van der Waals surface area contributed by atoms with Gasteiger partial charge in [0.25, 0.3) is 0 Å². The second-order valence-electron chi connectivity index (χ2n) is 9.63. The number of benzene rings is 5. The Kier molecular flexibility index (Phi) is 3.81. The molecule has 0 aliphatic heterocycles. The summed E-state index contributed by atoms with van der Waals surface area (Å²) in [5, 5.41) is 2.65. The fourth-order valence-electron chi connectivity index (χ4n) is 6.53. The van der Waals surface area contributed by atoms with Crippen molar-refractivity contribution < 1.29 is 0 Å². The lowest BCUT2D eigenvalue weighted by atomic mass is 9.69. The molecular formula is C32H25N. The average molecular weight is 424 g/mol. The first-order valence-electron chi connectivity index (χ1n) is 11.7. The summed E-state index contributed by atoms with van der Waals surface area (Å²) in [6.45, 7) is 0.918. The number of hydrogen-bond donors (Lipinski definition) is 0. The van der Waals surface area contributed by atoms with Crippen molar-refractivity contribution in [3.63, 3.8) is 0 Å². The van der Waals surface area contributed by atoms with E-state index in [1.165, 1.54) is 60.8 Å². The number of hydrogen-bond acceptors (Lipinski definition) is 1. The lowest BCUT2D eigenvalue weighted by Gasteiger charge is -2.32. The predicted octanol–water partition coefficient (Wildman–Crippen LogP) is 7.24. The summed E-state index contributed by atoms with van der Waals surface area (Å²) in [5.41, 5.74) is 12.3. The molecule has 0 saturated carbocycles. The lowest BCUT2D eigenvalue weighted by Crippen LogP contribution is -2.28. The first kappa shape index (κ1) is 18.8. The summed E-state index contributed by atoms with van der Waals surface area (Å²) < 4.78 is 0. The Morgan fingerprint density at radius 1 is 0.576 bits per heavy atom. The largest absolute Gasteiger partial charge is 0.305 e. The first-order chi connectivity index (χ1) is 16.2.